The molecule has 6 heteroatoms. The number of rotatable bonds is 4. The first kappa shape index (κ1) is 11.3. The lowest BCUT2D eigenvalue weighted by Gasteiger charge is -2.00. The number of aromatic nitrogens is 4. The molecule has 0 aliphatic carbocycles. The Morgan fingerprint density at radius 3 is 3.12 bits per heavy atom. The lowest BCUT2D eigenvalue weighted by molar-refractivity contribution is 0.0586. The number of nitrogens with zero attached hydrogens (tertiary/aromatic N) is 4. The van der Waals surface area contributed by atoms with Crippen LogP contribution >= 0.6 is 0 Å². The molecule has 17 heavy (non-hydrogen) atoms. The number of carbonyl (C=O) groups excluding carboxylic acids is 1. The summed E-state index contributed by atoms with van der Waals surface area (Å²) in [5.41, 5.74) is 1.11. The Bertz CT molecular complexity index is 495. The minimum absolute atomic E-state index is 0.0821. The number of carbonyl (C=O) groups is 1. The summed E-state index contributed by atoms with van der Waals surface area (Å²) in [4.78, 5) is 19.0. The maximum absolute atomic E-state index is 11.1. The first-order valence-corrected chi connectivity index (χ1v) is 5.16. The van der Waals surface area contributed by atoms with Crippen molar-refractivity contribution in [3.8, 4) is 0 Å². The Labute approximate surface area is 98.3 Å². The molecular formula is C11H12N4O2. The maximum Gasteiger partial charge on any atom is 0.377 e. The van der Waals surface area contributed by atoms with E-state index in [1.165, 1.54) is 13.4 Å². The Kier molecular flexibility index (Phi) is 3.44. The predicted octanol–water partition coefficient (Wildman–Crippen LogP) is 0.702. The quantitative estimate of drug-likeness (QED) is 0.726. The van der Waals surface area contributed by atoms with Crippen molar-refractivity contribution in [2.75, 3.05) is 7.11 Å². The molecular weight excluding hydrogens is 220 g/mol. The van der Waals surface area contributed by atoms with Crippen molar-refractivity contribution in [2.24, 2.45) is 0 Å². The van der Waals surface area contributed by atoms with E-state index in [0.29, 0.717) is 6.54 Å². The number of pyridine rings is 1. The Balaban J connectivity index is 1.96. The molecule has 2 rings (SSSR count). The van der Waals surface area contributed by atoms with Crippen LogP contribution in [0.3, 0.4) is 0 Å². The number of hydrogen-bond donors (Lipinski definition) is 0. The van der Waals surface area contributed by atoms with E-state index in [0.717, 1.165) is 12.0 Å². The molecule has 0 aliphatic rings. The van der Waals surface area contributed by atoms with Crippen LogP contribution < -0.4 is 0 Å². The van der Waals surface area contributed by atoms with Crippen LogP contribution in [0.25, 0.3) is 0 Å². The van der Waals surface area contributed by atoms with Crippen LogP contribution in [-0.4, -0.2) is 32.8 Å². The molecule has 0 aliphatic heterocycles. The van der Waals surface area contributed by atoms with E-state index in [1.54, 1.807) is 17.1 Å². The number of hydrogen-bond acceptors (Lipinski definition) is 5. The molecule has 2 aromatic heterocycles. The highest BCUT2D eigenvalue weighted by atomic mass is 16.5. The monoisotopic (exact) mass is 232 g/mol. The van der Waals surface area contributed by atoms with Gasteiger partial charge in [-0.05, 0) is 18.1 Å². The van der Waals surface area contributed by atoms with Crippen LogP contribution in [0.15, 0.2) is 30.9 Å². The van der Waals surface area contributed by atoms with E-state index in [1.807, 2.05) is 12.1 Å². The number of esters is 1. The fourth-order valence-electron chi connectivity index (χ4n) is 1.38. The Morgan fingerprint density at radius 2 is 2.41 bits per heavy atom. The highest BCUT2D eigenvalue weighted by Gasteiger charge is 2.10. The molecule has 0 saturated heterocycles. The van der Waals surface area contributed by atoms with Gasteiger partial charge in [0.1, 0.15) is 6.33 Å². The highest BCUT2D eigenvalue weighted by Crippen LogP contribution is 2.00. The van der Waals surface area contributed by atoms with Crippen molar-refractivity contribution in [1.82, 2.24) is 19.7 Å². The van der Waals surface area contributed by atoms with Gasteiger partial charge in [-0.25, -0.2) is 9.78 Å². The summed E-state index contributed by atoms with van der Waals surface area (Å²) >= 11 is 0. The van der Waals surface area contributed by atoms with Crippen LogP contribution in [0, 0.1) is 0 Å². The lowest BCUT2D eigenvalue weighted by atomic mass is 10.2. The van der Waals surface area contributed by atoms with Gasteiger partial charge in [-0.2, -0.15) is 0 Å². The van der Waals surface area contributed by atoms with E-state index in [4.69, 9.17) is 0 Å². The first-order chi connectivity index (χ1) is 8.29. The van der Waals surface area contributed by atoms with Gasteiger partial charge in [0, 0.05) is 18.9 Å². The van der Waals surface area contributed by atoms with Gasteiger partial charge in [-0.1, -0.05) is 6.07 Å². The molecule has 2 heterocycles. The first-order valence-electron chi connectivity index (χ1n) is 5.16. The third kappa shape index (κ3) is 2.87. The van der Waals surface area contributed by atoms with Gasteiger partial charge < -0.3 is 4.74 Å². The fourth-order valence-corrected chi connectivity index (χ4v) is 1.38. The van der Waals surface area contributed by atoms with E-state index >= 15 is 0 Å². The average Bonchev–Trinajstić information content (AvgIpc) is 2.85. The van der Waals surface area contributed by atoms with Crippen LogP contribution in [0.5, 0.6) is 0 Å². The summed E-state index contributed by atoms with van der Waals surface area (Å²) in [5, 5.41) is 4.01. The van der Waals surface area contributed by atoms with Crippen LogP contribution in [0.1, 0.15) is 16.2 Å². The van der Waals surface area contributed by atoms with Crippen molar-refractivity contribution in [2.45, 2.75) is 13.0 Å². The molecule has 0 saturated carbocycles. The van der Waals surface area contributed by atoms with E-state index < -0.39 is 5.97 Å². The van der Waals surface area contributed by atoms with Crippen LogP contribution in [-0.2, 0) is 17.7 Å². The molecule has 0 atom stereocenters. The Morgan fingerprint density at radius 1 is 1.53 bits per heavy atom. The molecule has 2 aromatic rings. The van der Waals surface area contributed by atoms with Gasteiger partial charge in [0.2, 0.25) is 0 Å². The highest BCUT2D eigenvalue weighted by molar-refractivity contribution is 5.84. The summed E-state index contributed by atoms with van der Waals surface area (Å²) < 4.78 is 6.14. The van der Waals surface area contributed by atoms with Crippen LogP contribution in [0.2, 0.25) is 0 Å². The zero-order chi connectivity index (χ0) is 12.1. The van der Waals surface area contributed by atoms with Gasteiger partial charge in [-0.3, -0.25) is 9.67 Å². The molecule has 0 radical (unpaired) electrons. The van der Waals surface area contributed by atoms with Gasteiger partial charge in [0.15, 0.2) is 0 Å². The molecule has 6 nitrogen and oxygen atoms in total. The molecule has 88 valence electrons. The molecule has 0 N–H and O–H groups in total. The maximum atomic E-state index is 11.1. The average molecular weight is 232 g/mol. The number of aryl methyl sites for hydroxylation is 2. The zero-order valence-corrected chi connectivity index (χ0v) is 9.41. The third-order valence-electron chi connectivity index (χ3n) is 2.26. The normalized spacial score (nSPS) is 10.2. The van der Waals surface area contributed by atoms with Crippen molar-refractivity contribution >= 4 is 5.97 Å². The smallest absolute Gasteiger partial charge is 0.377 e. The standard InChI is InChI=1S/C11H12N4O2/c1-17-11(16)10-13-8-15(14-10)6-4-9-3-2-5-12-7-9/h2-3,5,7-8H,4,6H2,1H3. The number of ether oxygens (including phenoxy) is 1. The molecule has 0 fully saturated rings. The SMILES string of the molecule is COC(=O)c1ncn(CCc2cccnc2)n1. The van der Waals surface area contributed by atoms with Crippen molar-refractivity contribution in [3.63, 3.8) is 0 Å². The minimum Gasteiger partial charge on any atom is -0.463 e. The largest absolute Gasteiger partial charge is 0.463 e. The number of methoxy groups -OCH3 is 1. The van der Waals surface area contributed by atoms with Gasteiger partial charge >= 0.3 is 5.97 Å². The zero-order valence-electron chi connectivity index (χ0n) is 9.41. The topological polar surface area (TPSA) is 69.9 Å². The summed E-state index contributed by atoms with van der Waals surface area (Å²) in [6.45, 7) is 0.648. The fraction of sp³-hybridized carbons (Fsp3) is 0.273. The summed E-state index contributed by atoms with van der Waals surface area (Å²) in [7, 11) is 1.30. The lowest BCUT2D eigenvalue weighted by Crippen LogP contribution is -2.07. The molecule has 0 aromatic carbocycles. The van der Waals surface area contributed by atoms with Crippen molar-refractivity contribution in [3.05, 3.63) is 42.2 Å². The van der Waals surface area contributed by atoms with Gasteiger partial charge in [0.25, 0.3) is 5.82 Å². The second-order valence-electron chi connectivity index (χ2n) is 3.43. The second-order valence-corrected chi connectivity index (χ2v) is 3.43. The van der Waals surface area contributed by atoms with Gasteiger partial charge in [-0.15, -0.1) is 5.10 Å². The Hall–Kier alpha value is -2.24. The molecule has 0 spiro atoms. The van der Waals surface area contributed by atoms with E-state index in [2.05, 4.69) is 19.8 Å². The third-order valence-corrected chi connectivity index (χ3v) is 2.26. The second kappa shape index (κ2) is 5.20. The van der Waals surface area contributed by atoms with Crippen molar-refractivity contribution in [1.29, 1.82) is 0 Å². The predicted molar refractivity (Wildman–Crippen MR) is 59.3 cm³/mol. The van der Waals surface area contributed by atoms with Crippen LogP contribution in [0.4, 0.5) is 0 Å². The van der Waals surface area contributed by atoms with E-state index in [-0.39, 0.29) is 5.82 Å². The minimum atomic E-state index is -0.523. The molecule has 0 unspecified atom stereocenters. The molecule has 0 bridgehead atoms. The van der Waals surface area contributed by atoms with Crippen molar-refractivity contribution < 1.29 is 9.53 Å². The molecule has 0 amide bonds. The summed E-state index contributed by atoms with van der Waals surface area (Å²) in [5.74, 6) is -0.441. The summed E-state index contributed by atoms with van der Waals surface area (Å²) in [6, 6.07) is 3.88. The van der Waals surface area contributed by atoms with Gasteiger partial charge in [0.05, 0.1) is 7.11 Å². The summed E-state index contributed by atoms with van der Waals surface area (Å²) in [6.07, 6.45) is 5.84. The van der Waals surface area contributed by atoms with E-state index in [9.17, 15) is 4.79 Å².